The highest BCUT2D eigenvalue weighted by Gasteiger charge is 2.34. The van der Waals surface area contributed by atoms with Crippen molar-refractivity contribution in [3.05, 3.63) is 71.8 Å². The number of hydrogen-bond donors (Lipinski definition) is 2. The summed E-state index contributed by atoms with van der Waals surface area (Å²) in [6, 6.07) is 19.5. The van der Waals surface area contributed by atoms with E-state index in [0.717, 1.165) is 11.1 Å². The van der Waals surface area contributed by atoms with Gasteiger partial charge in [-0.05, 0) is 24.0 Å². The maximum atomic E-state index is 11.6. The van der Waals surface area contributed by atoms with E-state index in [1.165, 1.54) is 11.8 Å². The topological polar surface area (TPSA) is 74.6 Å². The van der Waals surface area contributed by atoms with E-state index >= 15 is 0 Å². The van der Waals surface area contributed by atoms with Crippen LogP contribution in [-0.2, 0) is 22.4 Å². The second kappa shape index (κ2) is 9.28. The minimum atomic E-state index is -0.866. The number of carboxylic acid groups (broad SMARTS) is 2. The van der Waals surface area contributed by atoms with Crippen LogP contribution in [0.4, 0.5) is 0 Å². The molecular formula is C20H22O4S. The van der Waals surface area contributed by atoms with E-state index in [4.69, 9.17) is 5.11 Å². The van der Waals surface area contributed by atoms with Crippen molar-refractivity contribution >= 4 is 23.7 Å². The molecule has 2 aromatic rings. The highest BCUT2D eigenvalue weighted by atomic mass is 32.2. The highest BCUT2D eigenvalue weighted by molar-refractivity contribution is 8.00. The molecule has 4 nitrogen and oxygen atoms in total. The number of benzene rings is 2. The van der Waals surface area contributed by atoms with Gasteiger partial charge in [-0.3, -0.25) is 9.59 Å². The van der Waals surface area contributed by atoms with Crippen LogP contribution in [0.25, 0.3) is 0 Å². The van der Waals surface area contributed by atoms with Crippen molar-refractivity contribution in [3.8, 4) is 0 Å². The van der Waals surface area contributed by atoms with E-state index in [9.17, 15) is 14.7 Å². The zero-order valence-electron chi connectivity index (χ0n) is 13.9. The summed E-state index contributed by atoms with van der Waals surface area (Å²) < 4.78 is -0.579. The molecule has 132 valence electrons. The van der Waals surface area contributed by atoms with Crippen molar-refractivity contribution in [1.82, 2.24) is 0 Å². The lowest BCUT2D eigenvalue weighted by Gasteiger charge is -2.32. The molecule has 0 fully saturated rings. The summed E-state index contributed by atoms with van der Waals surface area (Å²) >= 11 is 1.45. The third kappa shape index (κ3) is 6.63. The first kappa shape index (κ1) is 19.1. The van der Waals surface area contributed by atoms with Gasteiger partial charge in [-0.1, -0.05) is 60.7 Å². The molecule has 0 spiro atoms. The van der Waals surface area contributed by atoms with Crippen LogP contribution >= 0.6 is 11.8 Å². The third-order valence-electron chi connectivity index (χ3n) is 3.94. The van der Waals surface area contributed by atoms with E-state index in [-0.39, 0.29) is 12.8 Å². The van der Waals surface area contributed by atoms with Gasteiger partial charge in [0.05, 0.1) is 12.8 Å². The molecule has 0 aliphatic heterocycles. The second-order valence-electron chi connectivity index (χ2n) is 6.07. The third-order valence-corrected chi connectivity index (χ3v) is 5.39. The van der Waals surface area contributed by atoms with Gasteiger partial charge < -0.3 is 10.2 Å². The Bertz CT molecular complexity index is 644. The van der Waals surface area contributed by atoms with E-state index in [1.807, 2.05) is 60.7 Å². The van der Waals surface area contributed by atoms with E-state index < -0.39 is 16.7 Å². The van der Waals surface area contributed by atoms with Crippen LogP contribution in [0, 0.1) is 0 Å². The van der Waals surface area contributed by atoms with Gasteiger partial charge in [0, 0.05) is 10.5 Å². The molecule has 0 aromatic heterocycles. The van der Waals surface area contributed by atoms with Gasteiger partial charge in [0.25, 0.3) is 0 Å². The van der Waals surface area contributed by atoms with Gasteiger partial charge in [-0.2, -0.15) is 11.8 Å². The van der Waals surface area contributed by atoms with Crippen molar-refractivity contribution in [2.75, 3.05) is 5.75 Å². The Kier molecular flexibility index (Phi) is 7.07. The lowest BCUT2D eigenvalue weighted by atomic mass is 9.89. The molecule has 0 atom stereocenters. The first-order chi connectivity index (χ1) is 12.0. The maximum Gasteiger partial charge on any atom is 0.304 e. The smallest absolute Gasteiger partial charge is 0.304 e. The van der Waals surface area contributed by atoms with Crippen molar-refractivity contribution < 1.29 is 19.8 Å². The molecule has 2 aromatic carbocycles. The van der Waals surface area contributed by atoms with E-state index in [1.54, 1.807) is 0 Å². The summed E-state index contributed by atoms with van der Waals surface area (Å²) in [5.74, 6) is -1.34. The quantitative estimate of drug-likeness (QED) is 0.674. The van der Waals surface area contributed by atoms with Crippen molar-refractivity contribution in [3.63, 3.8) is 0 Å². The van der Waals surface area contributed by atoms with Crippen LogP contribution in [0.2, 0.25) is 0 Å². The van der Waals surface area contributed by atoms with Crippen molar-refractivity contribution in [2.24, 2.45) is 0 Å². The average Bonchev–Trinajstić information content (AvgIpc) is 2.55. The summed E-state index contributed by atoms with van der Waals surface area (Å²) in [7, 11) is 0. The number of aliphatic carboxylic acids is 2. The predicted octanol–water partition coefficient (Wildman–Crippen LogP) is 3.89. The molecule has 2 rings (SSSR count). The molecule has 0 bridgehead atoms. The minimum Gasteiger partial charge on any atom is -0.481 e. The number of carboxylic acids is 2. The summed E-state index contributed by atoms with van der Waals surface area (Å²) in [6.45, 7) is 0. The Morgan fingerprint density at radius 1 is 0.800 bits per heavy atom. The normalized spacial score (nSPS) is 11.2. The Hall–Kier alpha value is -2.27. The fourth-order valence-electron chi connectivity index (χ4n) is 2.91. The van der Waals surface area contributed by atoms with Crippen LogP contribution in [0.3, 0.4) is 0 Å². The lowest BCUT2D eigenvalue weighted by molar-refractivity contribution is -0.138. The Morgan fingerprint density at radius 2 is 1.28 bits per heavy atom. The van der Waals surface area contributed by atoms with Gasteiger partial charge in [0.2, 0.25) is 0 Å². The first-order valence-electron chi connectivity index (χ1n) is 8.14. The van der Waals surface area contributed by atoms with Crippen molar-refractivity contribution in [2.45, 2.75) is 30.4 Å². The monoisotopic (exact) mass is 358 g/mol. The molecule has 2 N–H and O–H groups in total. The maximum absolute atomic E-state index is 11.6. The van der Waals surface area contributed by atoms with Crippen molar-refractivity contribution in [1.29, 1.82) is 0 Å². The molecule has 25 heavy (non-hydrogen) atoms. The standard InChI is InChI=1S/C20H22O4S/c21-18(22)11-12-25-20(15-19(23)24,13-16-7-3-1-4-8-16)14-17-9-5-2-6-10-17/h1-10H,11-15H2,(H,21,22)(H,23,24). The molecule has 0 saturated heterocycles. The number of rotatable bonds is 10. The number of carbonyl (C=O) groups is 2. The number of hydrogen-bond acceptors (Lipinski definition) is 3. The largest absolute Gasteiger partial charge is 0.481 e. The van der Waals surface area contributed by atoms with E-state index in [2.05, 4.69) is 0 Å². The van der Waals surface area contributed by atoms with Gasteiger partial charge in [-0.15, -0.1) is 0 Å². The molecule has 0 saturated carbocycles. The zero-order chi connectivity index (χ0) is 18.1. The number of thioether (sulfide) groups is 1. The SMILES string of the molecule is O=C(O)CCSC(CC(=O)O)(Cc1ccccc1)Cc1ccccc1. The molecule has 0 unspecified atom stereocenters. The second-order valence-corrected chi connectivity index (χ2v) is 7.63. The fourth-order valence-corrected chi connectivity index (χ4v) is 4.38. The van der Waals surface area contributed by atoms with Crippen LogP contribution in [0.5, 0.6) is 0 Å². The fraction of sp³-hybridized carbons (Fsp3) is 0.300. The summed E-state index contributed by atoms with van der Waals surface area (Å²) in [5.41, 5.74) is 2.12. The molecule has 5 heteroatoms. The Morgan fingerprint density at radius 3 is 1.68 bits per heavy atom. The van der Waals surface area contributed by atoms with E-state index in [0.29, 0.717) is 18.6 Å². The van der Waals surface area contributed by atoms with Gasteiger partial charge in [0.1, 0.15) is 0 Å². The molecule has 0 amide bonds. The Balaban J connectivity index is 2.29. The van der Waals surface area contributed by atoms with Crippen LogP contribution in [0.1, 0.15) is 24.0 Å². The highest BCUT2D eigenvalue weighted by Crippen LogP contribution is 2.37. The molecular weight excluding hydrogens is 336 g/mol. The predicted molar refractivity (Wildman–Crippen MR) is 100.0 cm³/mol. The lowest BCUT2D eigenvalue weighted by Crippen LogP contribution is -2.34. The molecule has 0 aliphatic carbocycles. The summed E-state index contributed by atoms with van der Waals surface area (Å²) in [6.07, 6.45) is 1.18. The average molecular weight is 358 g/mol. The van der Waals surface area contributed by atoms with Gasteiger partial charge in [0.15, 0.2) is 0 Å². The van der Waals surface area contributed by atoms with Crippen LogP contribution < -0.4 is 0 Å². The van der Waals surface area contributed by atoms with Gasteiger partial charge in [-0.25, -0.2) is 0 Å². The first-order valence-corrected chi connectivity index (χ1v) is 9.13. The van der Waals surface area contributed by atoms with Crippen LogP contribution in [-0.4, -0.2) is 32.7 Å². The van der Waals surface area contributed by atoms with Gasteiger partial charge >= 0.3 is 11.9 Å². The zero-order valence-corrected chi connectivity index (χ0v) is 14.7. The molecule has 0 heterocycles. The Labute approximate surface area is 151 Å². The molecule has 0 aliphatic rings. The summed E-state index contributed by atoms with van der Waals surface area (Å²) in [4.78, 5) is 22.5. The molecule has 0 radical (unpaired) electrons. The summed E-state index contributed by atoms with van der Waals surface area (Å²) in [5, 5.41) is 18.4. The van der Waals surface area contributed by atoms with Crippen LogP contribution in [0.15, 0.2) is 60.7 Å². The minimum absolute atomic E-state index is 0.0128.